The minimum absolute atomic E-state index is 0.0420. The Morgan fingerprint density at radius 1 is 1.29 bits per heavy atom. The molecule has 0 fully saturated rings. The summed E-state index contributed by atoms with van der Waals surface area (Å²) in [6, 6.07) is 4.98. The lowest BCUT2D eigenvalue weighted by atomic mass is 10.3. The molecule has 0 aliphatic heterocycles. The summed E-state index contributed by atoms with van der Waals surface area (Å²) in [6.45, 7) is -1.67. The van der Waals surface area contributed by atoms with Crippen LogP contribution in [0.1, 0.15) is 0 Å². The molecule has 0 heterocycles. The van der Waals surface area contributed by atoms with Gasteiger partial charge in [-0.2, -0.15) is 26.3 Å². The van der Waals surface area contributed by atoms with Crippen molar-refractivity contribution in [2.75, 3.05) is 11.3 Å². The third-order valence-electron chi connectivity index (χ3n) is 1.56. The number of hydrogen-bond donors (Lipinski definition) is 3. The van der Waals surface area contributed by atoms with Gasteiger partial charge in [0.2, 0.25) is 0 Å². The summed E-state index contributed by atoms with van der Waals surface area (Å²) in [5.74, 6) is -0.207. The first-order chi connectivity index (χ1) is 7.68. The van der Waals surface area contributed by atoms with Crippen molar-refractivity contribution in [2.24, 2.45) is 0 Å². The first-order valence-corrected chi connectivity index (χ1v) is 5.79. The molecule has 0 saturated carbocycles. The number of phenols is 1. The van der Waals surface area contributed by atoms with Gasteiger partial charge < -0.3 is 5.11 Å². The van der Waals surface area contributed by atoms with E-state index in [1.165, 1.54) is 22.9 Å². The van der Waals surface area contributed by atoms with Crippen LogP contribution in [-0.4, -0.2) is 26.2 Å². The molecular weight excluding hydrogens is 261 g/mol. The zero-order chi connectivity index (χ0) is 13.1. The molecule has 0 bridgehead atoms. The topological polar surface area (TPSA) is 78.4 Å². The smallest absolute Gasteiger partial charge is 0.402 e. The van der Waals surface area contributed by atoms with E-state index in [4.69, 9.17) is 5.11 Å². The maximum absolute atomic E-state index is 11.8. The molecule has 0 atom stereocenters. The summed E-state index contributed by atoms with van der Waals surface area (Å²) in [5.41, 5.74) is -0.0420. The van der Waals surface area contributed by atoms with E-state index in [1.54, 1.807) is 0 Å². The van der Waals surface area contributed by atoms with Crippen molar-refractivity contribution >= 4 is 15.9 Å². The molecule has 0 unspecified atom stereocenters. The Morgan fingerprint density at radius 3 is 2.47 bits per heavy atom. The molecular formula is C8H9F3N2O3S. The molecule has 0 amide bonds. The quantitative estimate of drug-likeness (QED) is 0.769. The van der Waals surface area contributed by atoms with Crippen LogP contribution in [0.15, 0.2) is 24.3 Å². The molecule has 0 saturated heterocycles. The van der Waals surface area contributed by atoms with Crippen LogP contribution in [-0.2, 0) is 10.2 Å². The van der Waals surface area contributed by atoms with E-state index in [-0.39, 0.29) is 11.4 Å². The lowest BCUT2D eigenvalue weighted by molar-refractivity contribution is -0.121. The predicted molar refractivity (Wildman–Crippen MR) is 54.7 cm³/mol. The summed E-state index contributed by atoms with van der Waals surface area (Å²) in [4.78, 5) is 0. The number of alkyl halides is 3. The van der Waals surface area contributed by atoms with Gasteiger partial charge in [-0.3, -0.25) is 4.72 Å². The summed E-state index contributed by atoms with van der Waals surface area (Å²) < 4.78 is 60.8. The molecule has 0 spiro atoms. The third kappa shape index (κ3) is 5.41. The number of anilines is 1. The Morgan fingerprint density at radius 2 is 1.94 bits per heavy atom. The molecule has 1 rings (SSSR count). The highest BCUT2D eigenvalue weighted by molar-refractivity contribution is 7.90. The van der Waals surface area contributed by atoms with E-state index in [0.717, 1.165) is 6.07 Å². The third-order valence-corrected chi connectivity index (χ3v) is 2.59. The van der Waals surface area contributed by atoms with E-state index in [2.05, 4.69) is 0 Å². The van der Waals surface area contributed by atoms with Crippen LogP contribution in [0.3, 0.4) is 0 Å². The van der Waals surface area contributed by atoms with Crippen LogP contribution >= 0.6 is 0 Å². The van der Waals surface area contributed by atoms with Crippen LogP contribution in [0.25, 0.3) is 0 Å². The maximum Gasteiger partial charge on any atom is 0.402 e. The molecule has 5 nitrogen and oxygen atoms in total. The van der Waals surface area contributed by atoms with Crippen LogP contribution in [0.2, 0.25) is 0 Å². The van der Waals surface area contributed by atoms with E-state index in [1.807, 2.05) is 4.72 Å². The van der Waals surface area contributed by atoms with Gasteiger partial charge >= 0.3 is 6.18 Å². The fourth-order valence-corrected chi connectivity index (χ4v) is 1.80. The Hall–Kier alpha value is -1.48. The molecule has 0 aromatic heterocycles. The average molecular weight is 270 g/mol. The highest BCUT2D eigenvalue weighted by atomic mass is 32.2. The number of hydrogen-bond acceptors (Lipinski definition) is 3. The Balaban J connectivity index is 2.67. The minimum atomic E-state index is -4.63. The van der Waals surface area contributed by atoms with E-state index >= 15 is 0 Å². The first kappa shape index (κ1) is 13.6. The Bertz CT molecular complexity index is 487. The molecule has 0 aliphatic carbocycles. The Labute approximate surface area is 95.4 Å². The molecule has 1 aromatic rings. The predicted octanol–water partition coefficient (Wildman–Crippen LogP) is 1.20. The Kier molecular flexibility index (Phi) is 3.83. The summed E-state index contributed by atoms with van der Waals surface area (Å²) in [7, 11) is -4.32. The normalized spacial score (nSPS) is 12.4. The number of halogens is 3. The molecule has 0 aliphatic rings. The van der Waals surface area contributed by atoms with Crippen molar-refractivity contribution in [1.82, 2.24) is 4.72 Å². The van der Waals surface area contributed by atoms with Crippen molar-refractivity contribution in [3.8, 4) is 5.75 Å². The minimum Gasteiger partial charge on any atom is -0.508 e. The van der Waals surface area contributed by atoms with Crippen molar-refractivity contribution in [3.63, 3.8) is 0 Å². The second kappa shape index (κ2) is 4.80. The zero-order valence-corrected chi connectivity index (χ0v) is 9.14. The highest BCUT2D eigenvalue weighted by Gasteiger charge is 2.29. The van der Waals surface area contributed by atoms with Crippen molar-refractivity contribution in [1.29, 1.82) is 0 Å². The summed E-state index contributed by atoms with van der Waals surface area (Å²) in [6.07, 6.45) is -4.63. The number of aromatic hydroxyl groups is 1. The molecule has 3 N–H and O–H groups in total. The first-order valence-electron chi connectivity index (χ1n) is 4.31. The standard InChI is InChI=1S/C8H9F3N2O3S/c9-8(10,11)5-12-17(15,16)13-6-2-1-3-7(14)4-6/h1-4,12-14H,5H2. The van der Waals surface area contributed by atoms with Gasteiger partial charge in [-0.05, 0) is 12.1 Å². The van der Waals surface area contributed by atoms with Gasteiger partial charge in [-0.1, -0.05) is 6.07 Å². The van der Waals surface area contributed by atoms with E-state index in [9.17, 15) is 21.6 Å². The van der Waals surface area contributed by atoms with Gasteiger partial charge in [0.15, 0.2) is 0 Å². The average Bonchev–Trinajstić information content (AvgIpc) is 2.13. The maximum atomic E-state index is 11.8. The molecule has 17 heavy (non-hydrogen) atoms. The second-order valence-electron chi connectivity index (χ2n) is 3.09. The van der Waals surface area contributed by atoms with Gasteiger partial charge in [0, 0.05) is 6.07 Å². The van der Waals surface area contributed by atoms with Gasteiger partial charge in [0.1, 0.15) is 12.3 Å². The van der Waals surface area contributed by atoms with Crippen molar-refractivity contribution in [3.05, 3.63) is 24.3 Å². The molecule has 96 valence electrons. The summed E-state index contributed by atoms with van der Waals surface area (Å²) >= 11 is 0. The largest absolute Gasteiger partial charge is 0.508 e. The molecule has 1 aromatic carbocycles. The van der Waals surface area contributed by atoms with E-state index in [0.29, 0.717) is 0 Å². The van der Waals surface area contributed by atoms with Crippen molar-refractivity contribution in [2.45, 2.75) is 6.18 Å². The van der Waals surface area contributed by atoms with Gasteiger partial charge in [-0.25, -0.2) is 0 Å². The van der Waals surface area contributed by atoms with Crippen LogP contribution < -0.4 is 9.44 Å². The number of phenolic OH excluding ortho intramolecular Hbond substituents is 1. The van der Waals surface area contributed by atoms with Gasteiger partial charge in [0.25, 0.3) is 10.2 Å². The summed E-state index contributed by atoms with van der Waals surface area (Å²) in [5, 5.41) is 9.03. The lowest BCUT2D eigenvalue weighted by Crippen LogP contribution is -2.37. The van der Waals surface area contributed by atoms with Crippen LogP contribution in [0.5, 0.6) is 5.75 Å². The molecule has 0 radical (unpaired) electrons. The lowest BCUT2D eigenvalue weighted by Gasteiger charge is -2.11. The van der Waals surface area contributed by atoms with Crippen molar-refractivity contribution < 1.29 is 26.7 Å². The molecule has 9 heteroatoms. The number of rotatable bonds is 4. The second-order valence-corrected chi connectivity index (χ2v) is 4.59. The van der Waals surface area contributed by atoms with Crippen LogP contribution in [0, 0.1) is 0 Å². The fraction of sp³-hybridized carbons (Fsp3) is 0.250. The monoisotopic (exact) mass is 270 g/mol. The SMILES string of the molecule is O=S(=O)(NCC(F)(F)F)Nc1cccc(O)c1. The van der Waals surface area contributed by atoms with Gasteiger partial charge in [-0.15, -0.1) is 0 Å². The number of benzene rings is 1. The fourth-order valence-electron chi connectivity index (χ4n) is 0.937. The van der Waals surface area contributed by atoms with Crippen LogP contribution in [0.4, 0.5) is 18.9 Å². The van der Waals surface area contributed by atoms with E-state index < -0.39 is 22.9 Å². The highest BCUT2D eigenvalue weighted by Crippen LogP contribution is 2.17. The number of nitrogens with one attached hydrogen (secondary N) is 2. The van der Waals surface area contributed by atoms with Gasteiger partial charge in [0.05, 0.1) is 5.69 Å². The zero-order valence-electron chi connectivity index (χ0n) is 8.32.